The van der Waals surface area contributed by atoms with E-state index in [2.05, 4.69) is 4.98 Å². The van der Waals surface area contributed by atoms with Crippen molar-refractivity contribution in [2.75, 3.05) is 12.3 Å². The second-order valence-electron chi connectivity index (χ2n) is 6.67. The van der Waals surface area contributed by atoms with Crippen LogP contribution in [0.15, 0.2) is 11.0 Å². The van der Waals surface area contributed by atoms with Gasteiger partial charge in [0, 0.05) is 11.8 Å². The average molecular weight is 375 g/mol. The zero-order valence-electron chi connectivity index (χ0n) is 15.1. The van der Waals surface area contributed by atoms with E-state index >= 15 is 0 Å². The topological polar surface area (TPSA) is 126 Å². The van der Waals surface area contributed by atoms with Crippen LogP contribution in [0.2, 0.25) is 0 Å². The molecular formula is C15H26N3O6P. The first-order chi connectivity index (χ1) is 11.5. The molecule has 0 radical (unpaired) electrons. The quantitative estimate of drug-likeness (QED) is 0.715. The molecule has 142 valence electrons. The summed E-state index contributed by atoms with van der Waals surface area (Å²) < 4.78 is 30.5. The molecule has 1 saturated heterocycles. The van der Waals surface area contributed by atoms with Gasteiger partial charge in [-0.3, -0.25) is 13.7 Å². The van der Waals surface area contributed by atoms with Crippen LogP contribution in [0.5, 0.6) is 0 Å². The van der Waals surface area contributed by atoms with Gasteiger partial charge in [0.25, 0.3) is 0 Å². The van der Waals surface area contributed by atoms with Gasteiger partial charge in [-0.1, -0.05) is 13.8 Å². The smallest absolute Gasteiger partial charge is 0.351 e. The lowest BCUT2D eigenvalue weighted by Gasteiger charge is -2.28. The summed E-state index contributed by atoms with van der Waals surface area (Å²) in [6.07, 6.45) is -1.08. The molecule has 0 spiro atoms. The first kappa shape index (κ1) is 20.1. The molecule has 1 aromatic rings. The highest BCUT2D eigenvalue weighted by molar-refractivity contribution is 7.53. The van der Waals surface area contributed by atoms with Crippen molar-refractivity contribution in [3.8, 4) is 0 Å². The number of hydrogen-bond acceptors (Lipinski definition) is 7. The maximum atomic E-state index is 12.4. The van der Waals surface area contributed by atoms with Crippen LogP contribution in [-0.4, -0.2) is 45.0 Å². The molecule has 10 heteroatoms. The number of nitrogen functional groups attached to an aromatic ring is 1. The molecule has 3 N–H and O–H groups in total. The van der Waals surface area contributed by atoms with Crippen molar-refractivity contribution in [2.45, 2.75) is 64.8 Å². The Morgan fingerprint density at radius 3 is 2.64 bits per heavy atom. The lowest BCUT2D eigenvalue weighted by Crippen LogP contribution is -2.39. The zero-order valence-corrected chi connectivity index (χ0v) is 16.0. The summed E-state index contributed by atoms with van der Waals surface area (Å²) in [6.45, 7) is 8.69. The molecule has 0 bridgehead atoms. The molecule has 2 heterocycles. The number of nitrogens with two attached hydrogens (primary N) is 1. The molecule has 1 aliphatic heterocycles. The fraction of sp³-hybridized carbons (Fsp3) is 0.733. The third-order valence-electron chi connectivity index (χ3n) is 3.90. The largest absolute Gasteiger partial charge is 0.383 e. The predicted octanol–water partition coefficient (Wildman–Crippen LogP) is 1.44. The normalized spacial score (nSPS) is 26.3. The fourth-order valence-electron chi connectivity index (χ4n) is 2.45. The van der Waals surface area contributed by atoms with Crippen LogP contribution in [0, 0.1) is 6.92 Å². The standard InChI is InChI=1S/C15H26N3O6P/c1-8(2)23-11-7-22-14(12(11)24-25(20,21)9(3)4)18-6-10(5)13(16)17-15(18)19/h6,8-9,11-12,14H,7H2,1-5H3,(H,20,21)(H2,16,17,19)/t11?,12-,14+/m0/s1. The van der Waals surface area contributed by atoms with Crippen LogP contribution in [0.1, 0.15) is 39.5 Å². The highest BCUT2D eigenvalue weighted by Gasteiger charge is 2.45. The molecule has 2 rings (SSSR count). The molecule has 0 aliphatic carbocycles. The summed E-state index contributed by atoms with van der Waals surface area (Å²) in [4.78, 5) is 26.1. The molecule has 1 aliphatic rings. The Morgan fingerprint density at radius 1 is 1.44 bits per heavy atom. The van der Waals surface area contributed by atoms with Crippen molar-refractivity contribution < 1.29 is 23.5 Å². The van der Waals surface area contributed by atoms with E-state index < -0.39 is 37.4 Å². The second kappa shape index (κ2) is 7.55. The van der Waals surface area contributed by atoms with Crippen molar-refractivity contribution in [3.05, 3.63) is 22.2 Å². The van der Waals surface area contributed by atoms with E-state index in [-0.39, 0.29) is 18.5 Å². The zero-order chi connectivity index (χ0) is 18.9. The van der Waals surface area contributed by atoms with E-state index in [0.717, 1.165) is 0 Å². The Kier molecular flexibility index (Phi) is 6.06. The minimum Gasteiger partial charge on any atom is -0.383 e. The molecule has 9 nitrogen and oxygen atoms in total. The van der Waals surface area contributed by atoms with Gasteiger partial charge >= 0.3 is 13.3 Å². The van der Waals surface area contributed by atoms with Crippen molar-refractivity contribution in [1.82, 2.24) is 9.55 Å². The third kappa shape index (κ3) is 4.48. The number of hydrogen-bond donors (Lipinski definition) is 2. The summed E-state index contributed by atoms with van der Waals surface area (Å²) in [7, 11) is -3.91. The van der Waals surface area contributed by atoms with Crippen LogP contribution in [0.4, 0.5) is 5.82 Å². The SMILES string of the molecule is Cc1cn([C@@H]2OCC(OC(C)C)[C@@H]2OP(=O)(O)C(C)C)c(=O)nc1N. The lowest BCUT2D eigenvalue weighted by molar-refractivity contribution is -0.0482. The molecule has 0 aromatic carbocycles. The van der Waals surface area contributed by atoms with Gasteiger partial charge in [0.15, 0.2) is 6.23 Å². The highest BCUT2D eigenvalue weighted by atomic mass is 31.2. The summed E-state index contributed by atoms with van der Waals surface area (Å²) in [6, 6.07) is 0. The molecule has 25 heavy (non-hydrogen) atoms. The Labute approximate surface area is 146 Å². The fourth-order valence-corrected chi connectivity index (χ4v) is 3.28. The minimum absolute atomic E-state index is 0.126. The number of aryl methyl sites for hydroxylation is 1. The van der Waals surface area contributed by atoms with Crippen LogP contribution in [0.3, 0.4) is 0 Å². The van der Waals surface area contributed by atoms with E-state index in [9.17, 15) is 14.3 Å². The van der Waals surface area contributed by atoms with E-state index in [1.807, 2.05) is 13.8 Å². The second-order valence-corrected chi connectivity index (χ2v) is 9.05. The minimum atomic E-state index is -3.91. The average Bonchev–Trinajstić information content (AvgIpc) is 2.84. The molecule has 1 fully saturated rings. The van der Waals surface area contributed by atoms with E-state index in [4.69, 9.17) is 19.7 Å². The monoisotopic (exact) mass is 375 g/mol. The van der Waals surface area contributed by atoms with Gasteiger partial charge in [0.05, 0.1) is 18.4 Å². The van der Waals surface area contributed by atoms with E-state index in [0.29, 0.717) is 5.56 Å². The maximum Gasteiger partial charge on any atom is 0.351 e. The van der Waals surface area contributed by atoms with Crippen molar-refractivity contribution in [1.29, 1.82) is 0 Å². The molecule has 1 aromatic heterocycles. The molecule has 0 saturated carbocycles. The highest BCUT2D eigenvalue weighted by Crippen LogP contribution is 2.51. The molecule has 4 atom stereocenters. The van der Waals surface area contributed by atoms with Crippen LogP contribution < -0.4 is 11.4 Å². The van der Waals surface area contributed by atoms with Crippen molar-refractivity contribution >= 4 is 13.4 Å². The van der Waals surface area contributed by atoms with Crippen LogP contribution in [-0.2, 0) is 18.6 Å². The first-order valence-corrected chi connectivity index (χ1v) is 9.80. The number of rotatable bonds is 6. The summed E-state index contributed by atoms with van der Waals surface area (Å²) in [5.74, 6) is 0.127. The van der Waals surface area contributed by atoms with Gasteiger partial charge in [-0.15, -0.1) is 0 Å². The lowest BCUT2D eigenvalue weighted by atomic mass is 10.2. The van der Waals surface area contributed by atoms with Crippen LogP contribution in [0.25, 0.3) is 0 Å². The van der Waals surface area contributed by atoms with Gasteiger partial charge in [-0.05, 0) is 20.8 Å². The maximum absolute atomic E-state index is 12.4. The predicted molar refractivity (Wildman–Crippen MR) is 92.5 cm³/mol. The number of nitrogens with zero attached hydrogens (tertiary/aromatic N) is 2. The number of ether oxygens (including phenoxy) is 2. The van der Waals surface area contributed by atoms with Gasteiger partial charge in [0.1, 0.15) is 18.0 Å². The van der Waals surface area contributed by atoms with Gasteiger partial charge < -0.3 is 20.1 Å². The van der Waals surface area contributed by atoms with Crippen LogP contribution >= 0.6 is 7.60 Å². The van der Waals surface area contributed by atoms with Crippen molar-refractivity contribution in [2.24, 2.45) is 0 Å². The van der Waals surface area contributed by atoms with Gasteiger partial charge in [-0.2, -0.15) is 4.98 Å². The summed E-state index contributed by atoms with van der Waals surface area (Å²) in [5.41, 5.74) is 5.02. The Bertz CT molecular complexity index is 720. The Balaban J connectivity index is 2.40. The number of aromatic nitrogens is 2. The van der Waals surface area contributed by atoms with Gasteiger partial charge in [-0.25, -0.2) is 4.79 Å². The van der Waals surface area contributed by atoms with E-state index in [1.54, 1.807) is 20.8 Å². The Morgan fingerprint density at radius 2 is 2.08 bits per heavy atom. The molecule has 0 amide bonds. The summed E-state index contributed by atoms with van der Waals surface area (Å²) >= 11 is 0. The number of anilines is 1. The van der Waals surface area contributed by atoms with E-state index in [1.165, 1.54) is 10.8 Å². The molecule has 2 unspecified atom stereocenters. The van der Waals surface area contributed by atoms with Crippen molar-refractivity contribution in [3.63, 3.8) is 0 Å². The summed E-state index contributed by atoms with van der Waals surface area (Å²) in [5, 5.41) is 0. The Hall–Kier alpha value is -1.25. The molecular weight excluding hydrogens is 349 g/mol. The third-order valence-corrected chi connectivity index (χ3v) is 5.75. The first-order valence-electron chi connectivity index (χ1n) is 8.16. The van der Waals surface area contributed by atoms with Gasteiger partial charge in [0.2, 0.25) is 0 Å².